The van der Waals surface area contributed by atoms with E-state index in [4.69, 9.17) is 4.74 Å². The average Bonchev–Trinajstić information content (AvgIpc) is 3.34. The van der Waals surface area contributed by atoms with Crippen molar-refractivity contribution >= 4 is 17.9 Å². The van der Waals surface area contributed by atoms with Gasteiger partial charge in [0, 0.05) is 12.5 Å². The summed E-state index contributed by atoms with van der Waals surface area (Å²) in [5, 5.41) is 4.76. The molecule has 0 unspecified atom stereocenters. The van der Waals surface area contributed by atoms with Crippen molar-refractivity contribution in [3.05, 3.63) is 35.4 Å². The van der Waals surface area contributed by atoms with Gasteiger partial charge in [-0.3, -0.25) is 14.9 Å². The van der Waals surface area contributed by atoms with Crippen LogP contribution in [-0.2, 0) is 26.2 Å². The molecule has 0 radical (unpaired) electrons. The highest BCUT2D eigenvalue weighted by atomic mass is 16.5. The van der Waals surface area contributed by atoms with E-state index in [1.54, 1.807) is 0 Å². The first-order chi connectivity index (χ1) is 11.7. The molecule has 0 aliphatic heterocycles. The van der Waals surface area contributed by atoms with Crippen LogP contribution in [0.15, 0.2) is 24.3 Å². The van der Waals surface area contributed by atoms with Crippen molar-refractivity contribution in [3.63, 3.8) is 0 Å². The fourth-order valence-corrected chi connectivity index (χ4v) is 2.25. The van der Waals surface area contributed by atoms with Crippen molar-refractivity contribution in [2.75, 3.05) is 6.61 Å². The van der Waals surface area contributed by atoms with Crippen LogP contribution < -0.4 is 10.6 Å². The SMILES string of the molecule is CC(C)(C)c1ccc(CCC(=O)OCC(=O)NC(=O)NC2CC2)cc1. The summed E-state index contributed by atoms with van der Waals surface area (Å²) in [6.45, 7) is 6.00. The molecule has 136 valence electrons. The van der Waals surface area contributed by atoms with Gasteiger partial charge in [-0.1, -0.05) is 45.0 Å². The predicted octanol–water partition coefficient (Wildman–Crippen LogP) is 2.45. The lowest BCUT2D eigenvalue weighted by Crippen LogP contribution is -2.42. The molecule has 0 atom stereocenters. The van der Waals surface area contributed by atoms with Crippen molar-refractivity contribution in [1.82, 2.24) is 10.6 Å². The first-order valence-electron chi connectivity index (χ1n) is 8.59. The summed E-state index contributed by atoms with van der Waals surface area (Å²) in [5.41, 5.74) is 2.37. The lowest BCUT2D eigenvalue weighted by molar-refractivity contribution is -0.148. The van der Waals surface area contributed by atoms with E-state index in [-0.39, 0.29) is 17.9 Å². The molecule has 2 N–H and O–H groups in total. The number of urea groups is 1. The van der Waals surface area contributed by atoms with Crippen LogP contribution in [0.1, 0.15) is 51.2 Å². The molecule has 1 aliphatic rings. The normalized spacial score (nSPS) is 13.9. The third-order valence-electron chi connectivity index (χ3n) is 3.97. The molecule has 3 amide bonds. The maximum atomic E-state index is 11.7. The highest BCUT2D eigenvalue weighted by Crippen LogP contribution is 2.22. The second kappa shape index (κ2) is 8.14. The Labute approximate surface area is 148 Å². The number of rotatable bonds is 6. The van der Waals surface area contributed by atoms with Gasteiger partial charge < -0.3 is 10.1 Å². The van der Waals surface area contributed by atoms with Gasteiger partial charge in [0.15, 0.2) is 6.61 Å². The fourth-order valence-electron chi connectivity index (χ4n) is 2.25. The summed E-state index contributed by atoms with van der Waals surface area (Å²) in [6.07, 6.45) is 2.62. The highest BCUT2D eigenvalue weighted by Gasteiger charge is 2.24. The summed E-state index contributed by atoms with van der Waals surface area (Å²) < 4.78 is 4.89. The summed E-state index contributed by atoms with van der Waals surface area (Å²) in [5.74, 6) is -1.08. The minimum Gasteiger partial charge on any atom is -0.456 e. The molecule has 6 heteroatoms. The van der Waals surface area contributed by atoms with E-state index in [0.29, 0.717) is 6.42 Å². The Hall–Kier alpha value is -2.37. The topological polar surface area (TPSA) is 84.5 Å². The number of benzene rings is 1. The highest BCUT2D eigenvalue weighted by molar-refractivity contribution is 5.95. The summed E-state index contributed by atoms with van der Waals surface area (Å²) in [6, 6.07) is 7.76. The summed E-state index contributed by atoms with van der Waals surface area (Å²) >= 11 is 0. The van der Waals surface area contributed by atoms with Crippen molar-refractivity contribution in [2.45, 2.75) is 57.9 Å². The molecular weight excluding hydrogens is 320 g/mol. The van der Waals surface area contributed by atoms with Crippen molar-refractivity contribution in [2.24, 2.45) is 0 Å². The summed E-state index contributed by atoms with van der Waals surface area (Å²) in [4.78, 5) is 34.6. The Balaban J connectivity index is 1.66. The van der Waals surface area contributed by atoms with E-state index in [0.717, 1.165) is 18.4 Å². The van der Waals surface area contributed by atoms with Gasteiger partial charge in [0.2, 0.25) is 0 Å². The van der Waals surface area contributed by atoms with Crippen LogP contribution in [0.25, 0.3) is 0 Å². The number of amides is 3. The second-order valence-electron chi connectivity index (χ2n) is 7.40. The minimum atomic E-state index is -0.624. The molecule has 1 fully saturated rings. The standard InChI is InChI=1S/C19H26N2O4/c1-19(2,3)14-7-4-13(5-8-14)6-11-17(23)25-12-16(22)21-18(24)20-15-9-10-15/h4-5,7-8,15H,6,9-12H2,1-3H3,(H2,20,21,22,24). The molecule has 6 nitrogen and oxygen atoms in total. The van der Waals surface area contributed by atoms with E-state index < -0.39 is 24.5 Å². The van der Waals surface area contributed by atoms with Crippen LogP contribution in [-0.4, -0.2) is 30.6 Å². The molecule has 0 heterocycles. The Morgan fingerprint density at radius 1 is 1.12 bits per heavy atom. The number of carbonyl (C=O) groups is 3. The fraction of sp³-hybridized carbons (Fsp3) is 0.526. The van der Waals surface area contributed by atoms with Gasteiger partial charge in [0.05, 0.1) is 0 Å². The Bertz CT molecular complexity index is 628. The quantitative estimate of drug-likeness (QED) is 0.775. The molecule has 0 spiro atoms. The molecule has 25 heavy (non-hydrogen) atoms. The number of imide groups is 1. The number of esters is 1. The predicted molar refractivity (Wildman–Crippen MR) is 94.1 cm³/mol. The molecular formula is C19H26N2O4. The second-order valence-corrected chi connectivity index (χ2v) is 7.40. The number of nitrogens with one attached hydrogen (secondary N) is 2. The largest absolute Gasteiger partial charge is 0.456 e. The van der Waals surface area contributed by atoms with E-state index in [2.05, 4.69) is 43.5 Å². The van der Waals surface area contributed by atoms with Gasteiger partial charge >= 0.3 is 12.0 Å². The summed E-state index contributed by atoms with van der Waals surface area (Å²) in [7, 11) is 0. The monoisotopic (exact) mass is 346 g/mol. The number of ether oxygens (including phenoxy) is 1. The van der Waals surface area contributed by atoms with Crippen molar-refractivity contribution in [1.29, 1.82) is 0 Å². The number of hydrogen-bond donors (Lipinski definition) is 2. The lowest BCUT2D eigenvalue weighted by atomic mass is 9.86. The van der Waals surface area contributed by atoms with Crippen LogP contribution in [0.2, 0.25) is 0 Å². The molecule has 1 aliphatic carbocycles. The van der Waals surface area contributed by atoms with Gasteiger partial charge in [-0.25, -0.2) is 4.79 Å². The van der Waals surface area contributed by atoms with Gasteiger partial charge in [0.25, 0.3) is 5.91 Å². The first-order valence-corrected chi connectivity index (χ1v) is 8.59. The molecule has 1 saturated carbocycles. The zero-order chi connectivity index (χ0) is 18.4. The maximum Gasteiger partial charge on any atom is 0.321 e. The Morgan fingerprint density at radius 3 is 2.32 bits per heavy atom. The smallest absolute Gasteiger partial charge is 0.321 e. The van der Waals surface area contributed by atoms with Crippen molar-refractivity contribution in [3.8, 4) is 0 Å². The van der Waals surface area contributed by atoms with Crippen LogP contribution >= 0.6 is 0 Å². The van der Waals surface area contributed by atoms with Crippen molar-refractivity contribution < 1.29 is 19.1 Å². The Kier molecular flexibility index (Phi) is 6.17. The molecule has 1 aromatic rings. The zero-order valence-electron chi connectivity index (χ0n) is 15.1. The van der Waals surface area contributed by atoms with Gasteiger partial charge in [-0.2, -0.15) is 0 Å². The van der Waals surface area contributed by atoms with Crippen LogP contribution in [0, 0.1) is 0 Å². The van der Waals surface area contributed by atoms with Crippen LogP contribution in [0.3, 0.4) is 0 Å². The molecule has 0 aromatic heterocycles. The minimum absolute atomic E-state index is 0.0939. The van der Waals surface area contributed by atoms with Gasteiger partial charge in [-0.15, -0.1) is 0 Å². The maximum absolute atomic E-state index is 11.7. The number of aryl methyl sites for hydroxylation is 1. The third-order valence-corrected chi connectivity index (χ3v) is 3.97. The molecule has 0 bridgehead atoms. The van der Waals surface area contributed by atoms with Gasteiger partial charge in [-0.05, 0) is 35.8 Å². The third kappa shape index (κ3) is 6.95. The van der Waals surface area contributed by atoms with Crippen LogP contribution in [0.5, 0.6) is 0 Å². The molecule has 2 rings (SSSR count). The average molecular weight is 346 g/mol. The molecule has 0 saturated heterocycles. The number of hydrogen-bond acceptors (Lipinski definition) is 4. The van der Waals surface area contributed by atoms with Gasteiger partial charge in [0.1, 0.15) is 0 Å². The van der Waals surface area contributed by atoms with E-state index in [1.807, 2.05) is 12.1 Å². The lowest BCUT2D eigenvalue weighted by Gasteiger charge is -2.19. The van der Waals surface area contributed by atoms with E-state index in [9.17, 15) is 14.4 Å². The number of carbonyl (C=O) groups excluding carboxylic acids is 3. The Morgan fingerprint density at radius 2 is 1.76 bits per heavy atom. The van der Waals surface area contributed by atoms with E-state index in [1.165, 1.54) is 5.56 Å². The molecule has 1 aromatic carbocycles. The zero-order valence-corrected chi connectivity index (χ0v) is 15.1. The van der Waals surface area contributed by atoms with Crippen LogP contribution in [0.4, 0.5) is 4.79 Å². The van der Waals surface area contributed by atoms with E-state index >= 15 is 0 Å². The first kappa shape index (κ1) is 19.0.